The molecule has 0 saturated carbocycles. The predicted octanol–water partition coefficient (Wildman–Crippen LogP) is 3.78. The van der Waals surface area contributed by atoms with E-state index in [1.807, 2.05) is 48.3 Å². The molecule has 0 atom stereocenters. The molecule has 0 aliphatic rings. The maximum absolute atomic E-state index is 12.6. The molecule has 1 N–H and O–H groups in total. The number of hydrogen-bond acceptors (Lipinski definition) is 6. The van der Waals surface area contributed by atoms with Gasteiger partial charge < -0.3 is 15.0 Å². The molecule has 150 valence electrons. The van der Waals surface area contributed by atoms with E-state index < -0.39 is 0 Å². The van der Waals surface area contributed by atoms with Gasteiger partial charge in [0.2, 0.25) is 5.91 Å². The summed E-state index contributed by atoms with van der Waals surface area (Å²) in [7, 11) is 3.45. The van der Waals surface area contributed by atoms with Crippen molar-refractivity contribution >= 4 is 28.3 Å². The number of ether oxygens (including phenoxy) is 1. The molecule has 4 aromatic rings. The lowest BCUT2D eigenvalue weighted by molar-refractivity contribution is -0.114. The van der Waals surface area contributed by atoms with Crippen molar-refractivity contribution in [1.29, 1.82) is 0 Å². The highest BCUT2D eigenvalue weighted by atomic mass is 16.5. The zero-order chi connectivity index (χ0) is 20.9. The Labute approximate surface area is 174 Å². The van der Waals surface area contributed by atoms with Crippen molar-refractivity contribution in [2.24, 2.45) is 0 Å². The molecule has 0 fully saturated rings. The monoisotopic (exact) mass is 399 g/mol. The molecule has 1 amide bonds. The average molecular weight is 399 g/mol. The summed E-state index contributed by atoms with van der Waals surface area (Å²) in [6.07, 6.45) is 3.44. The van der Waals surface area contributed by atoms with Gasteiger partial charge in [-0.15, -0.1) is 0 Å². The molecule has 7 heteroatoms. The standard InChI is InChI=1S/C23H21N5O2/c1-28(15-21(29)25-17-9-11-18(30-2)12-10-17)23-19-7-3-4-8-20(19)26-22(27-23)16-6-5-13-24-14-16/h3-14H,15H2,1-2H3,(H,25,29). The van der Waals surface area contributed by atoms with Gasteiger partial charge in [0.15, 0.2) is 5.82 Å². The van der Waals surface area contributed by atoms with E-state index in [0.717, 1.165) is 22.2 Å². The number of anilines is 2. The van der Waals surface area contributed by atoms with Gasteiger partial charge in [0, 0.05) is 36.1 Å². The van der Waals surface area contributed by atoms with E-state index in [1.54, 1.807) is 43.8 Å². The van der Waals surface area contributed by atoms with E-state index in [2.05, 4.69) is 15.3 Å². The number of pyridine rings is 1. The molecular weight excluding hydrogens is 378 g/mol. The van der Waals surface area contributed by atoms with E-state index in [1.165, 1.54) is 0 Å². The molecule has 0 aliphatic heterocycles. The molecule has 30 heavy (non-hydrogen) atoms. The quantitative estimate of drug-likeness (QED) is 0.532. The lowest BCUT2D eigenvalue weighted by atomic mass is 10.2. The molecule has 4 rings (SSSR count). The van der Waals surface area contributed by atoms with Crippen molar-refractivity contribution in [2.75, 3.05) is 30.9 Å². The minimum atomic E-state index is -0.145. The summed E-state index contributed by atoms with van der Waals surface area (Å²) in [5.74, 6) is 1.84. The van der Waals surface area contributed by atoms with E-state index in [-0.39, 0.29) is 12.5 Å². The third-order valence-corrected chi connectivity index (χ3v) is 4.62. The Kier molecular flexibility index (Phi) is 5.52. The number of nitrogens with one attached hydrogen (secondary N) is 1. The van der Waals surface area contributed by atoms with Gasteiger partial charge in [-0.1, -0.05) is 12.1 Å². The number of likely N-dealkylation sites (N-methyl/N-ethyl adjacent to an activating group) is 1. The number of nitrogens with zero attached hydrogens (tertiary/aromatic N) is 4. The Hall–Kier alpha value is -4.00. The number of rotatable bonds is 6. The first-order valence-corrected chi connectivity index (χ1v) is 9.46. The molecule has 0 radical (unpaired) electrons. The molecule has 0 spiro atoms. The van der Waals surface area contributed by atoms with Crippen LogP contribution in [0.2, 0.25) is 0 Å². The molecule has 2 heterocycles. The van der Waals surface area contributed by atoms with Crippen LogP contribution in [0.4, 0.5) is 11.5 Å². The third-order valence-electron chi connectivity index (χ3n) is 4.62. The number of carbonyl (C=O) groups excluding carboxylic acids is 1. The Morgan fingerprint density at radius 2 is 1.83 bits per heavy atom. The Morgan fingerprint density at radius 1 is 1.03 bits per heavy atom. The maximum atomic E-state index is 12.6. The smallest absolute Gasteiger partial charge is 0.243 e. The molecule has 0 aliphatic carbocycles. The van der Waals surface area contributed by atoms with Crippen LogP contribution >= 0.6 is 0 Å². The highest BCUT2D eigenvalue weighted by Crippen LogP contribution is 2.26. The maximum Gasteiger partial charge on any atom is 0.243 e. The van der Waals surface area contributed by atoms with Gasteiger partial charge in [-0.2, -0.15) is 0 Å². The minimum Gasteiger partial charge on any atom is -0.497 e. The van der Waals surface area contributed by atoms with E-state index in [0.29, 0.717) is 17.3 Å². The van der Waals surface area contributed by atoms with Gasteiger partial charge in [0.1, 0.15) is 11.6 Å². The second kappa shape index (κ2) is 8.57. The average Bonchev–Trinajstić information content (AvgIpc) is 2.79. The summed E-state index contributed by atoms with van der Waals surface area (Å²) >= 11 is 0. The minimum absolute atomic E-state index is 0.138. The summed E-state index contributed by atoms with van der Waals surface area (Å²) in [5, 5.41) is 3.78. The van der Waals surface area contributed by atoms with Crippen LogP contribution in [-0.4, -0.2) is 41.6 Å². The number of aromatic nitrogens is 3. The van der Waals surface area contributed by atoms with Gasteiger partial charge >= 0.3 is 0 Å². The molecule has 0 unspecified atom stereocenters. The summed E-state index contributed by atoms with van der Waals surface area (Å²) in [4.78, 5) is 28.0. The molecule has 0 bridgehead atoms. The lowest BCUT2D eigenvalue weighted by Crippen LogP contribution is -2.31. The second-order valence-electron chi connectivity index (χ2n) is 6.76. The Morgan fingerprint density at radius 3 is 2.57 bits per heavy atom. The van der Waals surface area contributed by atoms with Crippen LogP contribution in [0, 0.1) is 0 Å². The number of fused-ring (bicyclic) bond motifs is 1. The first-order chi connectivity index (χ1) is 14.6. The number of methoxy groups -OCH3 is 1. The van der Waals surface area contributed by atoms with Crippen LogP contribution in [0.15, 0.2) is 73.1 Å². The largest absolute Gasteiger partial charge is 0.497 e. The molecule has 2 aromatic carbocycles. The van der Waals surface area contributed by atoms with Crippen molar-refractivity contribution in [3.8, 4) is 17.1 Å². The first kappa shape index (κ1) is 19.3. The topological polar surface area (TPSA) is 80.2 Å². The predicted molar refractivity (Wildman–Crippen MR) is 118 cm³/mol. The van der Waals surface area contributed by atoms with Crippen LogP contribution in [0.3, 0.4) is 0 Å². The van der Waals surface area contributed by atoms with Gasteiger partial charge in [-0.25, -0.2) is 9.97 Å². The van der Waals surface area contributed by atoms with Crippen LogP contribution in [0.1, 0.15) is 0 Å². The number of carbonyl (C=O) groups is 1. The molecule has 0 saturated heterocycles. The second-order valence-corrected chi connectivity index (χ2v) is 6.76. The fraction of sp³-hybridized carbons (Fsp3) is 0.130. The third kappa shape index (κ3) is 4.20. The van der Waals surface area contributed by atoms with Crippen LogP contribution in [0.5, 0.6) is 5.75 Å². The summed E-state index contributed by atoms with van der Waals surface area (Å²) in [6, 6.07) is 18.7. The fourth-order valence-electron chi connectivity index (χ4n) is 3.14. The highest BCUT2D eigenvalue weighted by molar-refractivity contribution is 5.97. The molecule has 2 aromatic heterocycles. The van der Waals surface area contributed by atoms with Crippen molar-refractivity contribution in [2.45, 2.75) is 0 Å². The van der Waals surface area contributed by atoms with Crippen molar-refractivity contribution in [1.82, 2.24) is 15.0 Å². The lowest BCUT2D eigenvalue weighted by Gasteiger charge is -2.20. The van der Waals surface area contributed by atoms with E-state index in [9.17, 15) is 4.79 Å². The number of benzene rings is 2. The zero-order valence-corrected chi connectivity index (χ0v) is 16.7. The summed E-state index contributed by atoms with van der Waals surface area (Å²) in [5.41, 5.74) is 2.34. The Balaban J connectivity index is 1.60. The van der Waals surface area contributed by atoms with Crippen LogP contribution in [-0.2, 0) is 4.79 Å². The van der Waals surface area contributed by atoms with Gasteiger partial charge in [-0.05, 0) is 48.5 Å². The summed E-state index contributed by atoms with van der Waals surface area (Å²) in [6.45, 7) is 0.138. The van der Waals surface area contributed by atoms with Gasteiger partial charge in [-0.3, -0.25) is 9.78 Å². The number of para-hydroxylation sites is 1. The van der Waals surface area contributed by atoms with Crippen LogP contribution in [0.25, 0.3) is 22.3 Å². The normalized spacial score (nSPS) is 10.6. The Bertz CT molecular complexity index is 1160. The fourth-order valence-corrected chi connectivity index (χ4v) is 3.14. The molecular formula is C23H21N5O2. The first-order valence-electron chi connectivity index (χ1n) is 9.46. The van der Waals surface area contributed by atoms with Crippen molar-refractivity contribution in [3.63, 3.8) is 0 Å². The van der Waals surface area contributed by atoms with Crippen molar-refractivity contribution < 1.29 is 9.53 Å². The molecule has 7 nitrogen and oxygen atoms in total. The van der Waals surface area contributed by atoms with E-state index >= 15 is 0 Å². The highest BCUT2D eigenvalue weighted by Gasteiger charge is 2.15. The summed E-state index contributed by atoms with van der Waals surface area (Å²) < 4.78 is 5.15. The number of hydrogen-bond donors (Lipinski definition) is 1. The van der Waals surface area contributed by atoms with E-state index in [4.69, 9.17) is 9.72 Å². The van der Waals surface area contributed by atoms with Gasteiger partial charge in [0.05, 0.1) is 19.2 Å². The number of amides is 1. The zero-order valence-electron chi connectivity index (χ0n) is 16.7. The van der Waals surface area contributed by atoms with Crippen LogP contribution < -0.4 is 15.0 Å². The van der Waals surface area contributed by atoms with Crippen molar-refractivity contribution in [3.05, 3.63) is 73.1 Å². The van der Waals surface area contributed by atoms with Gasteiger partial charge in [0.25, 0.3) is 0 Å². The SMILES string of the molecule is COc1ccc(NC(=O)CN(C)c2nc(-c3cccnc3)nc3ccccc23)cc1.